The normalized spacial score (nSPS) is 7.55. The molecule has 72 valence electrons. The molecule has 10 heteroatoms. The van der Waals surface area contributed by atoms with Gasteiger partial charge in [-0.15, -0.1) is 0 Å². The number of primary amides is 2. The molecule has 0 aliphatic heterocycles. The maximum Gasteiger partial charge on any atom is 0.466 e. The highest BCUT2D eigenvalue weighted by atomic mass is 31.2. The minimum atomic E-state index is -4.64. The third kappa shape index (κ3) is 1010. The molecule has 0 aliphatic rings. The zero-order chi connectivity index (χ0) is 8.08. The number of nitrogens with two attached hydrogens (primary N) is 2. The first-order valence-electron chi connectivity index (χ1n) is 1.56. The Labute approximate surface area is 62.8 Å². The van der Waals surface area contributed by atoms with E-state index in [9.17, 15) is 0 Å². The number of phosphoric acid groups is 1. The van der Waals surface area contributed by atoms with E-state index >= 15 is 0 Å². The van der Waals surface area contributed by atoms with Gasteiger partial charge in [0.15, 0.2) is 0 Å². The van der Waals surface area contributed by atoms with Gasteiger partial charge in [-0.25, -0.2) is 9.36 Å². The quantitative estimate of drug-likeness (QED) is 0.223. The number of carbonyl (C=O) groups is 1. The van der Waals surface area contributed by atoms with E-state index in [4.69, 9.17) is 24.0 Å². The Morgan fingerprint density at radius 2 is 1.09 bits per heavy atom. The van der Waals surface area contributed by atoms with Crippen molar-refractivity contribution in [1.82, 2.24) is 12.3 Å². The summed E-state index contributed by atoms with van der Waals surface area (Å²) in [4.78, 5) is 30.6. The summed E-state index contributed by atoms with van der Waals surface area (Å²) < 4.78 is 8.88. The van der Waals surface area contributed by atoms with Crippen LogP contribution in [0.2, 0.25) is 0 Å². The third-order valence-corrected chi connectivity index (χ3v) is 0. The van der Waals surface area contributed by atoms with Crippen molar-refractivity contribution >= 4 is 13.9 Å². The van der Waals surface area contributed by atoms with Crippen molar-refractivity contribution < 1.29 is 24.0 Å². The maximum absolute atomic E-state index is 9.00. The first kappa shape index (κ1) is 22.4. The molecule has 9 nitrogen and oxygen atoms in total. The molecular formula is CH13N4O5P. The molecule has 0 aromatic heterocycles. The highest BCUT2D eigenvalue weighted by Gasteiger charge is 2.00. The van der Waals surface area contributed by atoms with Crippen LogP contribution < -0.4 is 23.8 Å². The lowest BCUT2D eigenvalue weighted by molar-refractivity contribution is 0.256. The van der Waals surface area contributed by atoms with Crippen molar-refractivity contribution in [2.75, 3.05) is 0 Å². The Balaban J connectivity index is -0.0000000383. The van der Waals surface area contributed by atoms with Crippen molar-refractivity contribution in [2.24, 2.45) is 11.5 Å². The van der Waals surface area contributed by atoms with E-state index in [1.165, 1.54) is 0 Å². The van der Waals surface area contributed by atoms with Gasteiger partial charge in [-0.1, -0.05) is 0 Å². The van der Waals surface area contributed by atoms with E-state index in [1.807, 2.05) is 0 Å². The molecule has 0 aliphatic carbocycles. The van der Waals surface area contributed by atoms with Gasteiger partial charge in [-0.2, -0.15) is 0 Å². The largest absolute Gasteiger partial charge is 0.466 e. The first-order valence-corrected chi connectivity index (χ1v) is 3.13. The van der Waals surface area contributed by atoms with Crippen LogP contribution in [0.5, 0.6) is 0 Å². The SMILES string of the molecule is N.N.NC(N)=O.O=P(O)(O)O. The second kappa shape index (κ2) is 9.30. The van der Waals surface area contributed by atoms with Crippen LogP contribution in [-0.2, 0) is 4.57 Å². The Bertz CT molecular complexity index is 118. The van der Waals surface area contributed by atoms with E-state index in [1.54, 1.807) is 0 Å². The molecule has 11 heavy (non-hydrogen) atoms. The molecule has 0 spiro atoms. The van der Waals surface area contributed by atoms with Crippen LogP contribution in [0.25, 0.3) is 0 Å². The van der Waals surface area contributed by atoms with E-state index in [-0.39, 0.29) is 12.3 Å². The lowest BCUT2D eigenvalue weighted by Crippen LogP contribution is -2.18. The second-order valence-electron chi connectivity index (χ2n) is 0.916. The molecule has 0 atom stereocenters. The summed E-state index contributed by atoms with van der Waals surface area (Å²) in [5.41, 5.74) is 8.50. The lowest BCUT2D eigenvalue weighted by atomic mass is 11.2. The van der Waals surface area contributed by atoms with Gasteiger partial charge in [0.25, 0.3) is 0 Å². The smallest absolute Gasteiger partial charge is 0.352 e. The average Bonchev–Trinajstić information content (AvgIpc) is 1.19. The maximum atomic E-state index is 9.00. The van der Waals surface area contributed by atoms with Gasteiger partial charge in [-0.3, -0.25) is 0 Å². The second-order valence-corrected chi connectivity index (χ2v) is 1.94. The highest BCUT2D eigenvalue weighted by molar-refractivity contribution is 7.45. The first-order chi connectivity index (χ1) is 3.73. The summed E-state index contributed by atoms with van der Waals surface area (Å²) in [5.74, 6) is 0. The highest BCUT2D eigenvalue weighted by Crippen LogP contribution is 2.25. The topological polar surface area (TPSA) is 217 Å². The Morgan fingerprint density at radius 3 is 1.09 bits per heavy atom. The number of amides is 2. The van der Waals surface area contributed by atoms with Gasteiger partial charge < -0.3 is 38.4 Å². The van der Waals surface area contributed by atoms with Gasteiger partial charge in [0.05, 0.1) is 0 Å². The van der Waals surface area contributed by atoms with Gasteiger partial charge >= 0.3 is 13.9 Å². The minimum absolute atomic E-state index is 0. The molecule has 2 amide bonds. The van der Waals surface area contributed by atoms with Crippen molar-refractivity contribution in [2.45, 2.75) is 0 Å². The zero-order valence-electron chi connectivity index (χ0n) is 5.67. The predicted octanol–water partition coefficient (Wildman–Crippen LogP) is -1.58. The van der Waals surface area contributed by atoms with Crippen LogP contribution in [0.3, 0.4) is 0 Å². The number of hydrogen-bond donors (Lipinski definition) is 7. The molecule has 0 fully saturated rings. The van der Waals surface area contributed by atoms with E-state index < -0.39 is 13.9 Å². The molecule has 0 rings (SSSR count). The summed E-state index contributed by atoms with van der Waals surface area (Å²) in [6.07, 6.45) is 0. The molecule has 0 saturated carbocycles. The number of rotatable bonds is 0. The van der Waals surface area contributed by atoms with Crippen molar-refractivity contribution in [3.8, 4) is 0 Å². The van der Waals surface area contributed by atoms with Crippen LogP contribution in [-0.4, -0.2) is 20.7 Å². The van der Waals surface area contributed by atoms with Crippen molar-refractivity contribution in [1.29, 1.82) is 0 Å². The molecule has 0 heterocycles. The number of hydrogen-bond acceptors (Lipinski definition) is 4. The lowest BCUT2D eigenvalue weighted by Gasteiger charge is -1.82. The van der Waals surface area contributed by atoms with Crippen molar-refractivity contribution in [3.63, 3.8) is 0 Å². The standard InChI is InChI=1S/CH4N2O.2H3N.H3O4P/c2-1(3)4;;;1-5(2,3)4/h(H4,2,3,4);2*1H3;(H3,1,2,3,4). The molecule has 0 unspecified atom stereocenters. The summed E-state index contributed by atoms with van der Waals surface area (Å²) in [5, 5.41) is 0. The third-order valence-electron chi connectivity index (χ3n) is 0. The predicted molar refractivity (Wildman–Crippen MR) is 38.1 cm³/mol. The molecule has 13 N–H and O–H groups in total. The Hall–Kier alpha value is -0.700. The minimum Gasteiger partial charge on any atom is -0.352 e. The van der Waals surface area contributed by atoms with Crippen LogP contribution in [0, 0.1) is 0 Å². The monoisotopic (exact) mass is 192 g/mol. The summed E-state index contributed by atoms with van der Waals surface area (Å²) in [6.45, 7) is 0. The van der Waals surface area contributed by atoms with Crippen LogP contribution in [0.1, 0.15) is 0 Å². The van der Waals surface area contributed by atoms with E-state index in [0.29, 0.717) is 0 Å². The van der Waals surface area contributed by atoms with E-state index in [0.717, 1.165) is 0 Å². The molecule has 0 radical (unpaired) electrons. The van der Waals surface area contributed by atoms with Crippen molar-refractivity contribution in [3.05, 3.63) is 0 Å². The Morgan fingerprint density at radius 1 is 1.09 bits per heavy atom. The molecule has 0 aromatic rings. The van der Waals surface area contributed by atoms with Gasteiger partial charge in [0.2, 0.25) is 0 Å². The number of urea groups is 1. The average molecular weight is 192 g/mol. The Kier molecular flexibility index (Phi) is 19.0. The van der Waals surface area contributed by atoms with Gasteiger partial charge in [0.1, 0.15) is 0 Å². The zero-order valence-corrected chi connectivity index (χ0v) is 6.57. The van der Waals surface area contributed by atoms with Crippen LogP contribution in [0.4, 0.5) is 4.79 Å². The number of carbonyl (C=O) groups excluding carboxylic acids is 1. The van der Waals surface area contributed by atoms with Crippen LogP contribution >= 0.6 is 7.82 Å². The summed E-state index contributed by atoms with van der Waals surface area (Å²) in [6, 6.07) is -0.833. The summed E-state index contributed by atoms with van der Waals surface area (Å²) >= 11 is 0. The van der Waals surface area contributed by atoms with Gasteiger partial charge in [0, 0.05) is 0 Å². The fourth-order valence-corrected chi connectivity index (χ4v) is 0. The van der Waals surface area contributed by atoms with Gasteiger partial charge in [-0.05, 0) is 0 Å². The molecule has 0 saturated heterocycles. The van der Waals surface area contributed by atoms with Crippen LogP contribution in [0.15, 0.2) is 0 Å². The molecular weight excluding hydrogens is 179 g/mol. The molecule has 0 bridgehead atoms. The molecule has 0 aromatic carbocycles. The summed E-state index contributed by atoms with van der Waals surface area (Å²) in [7, 11) is -4.64. The fourth-order valence-electron chi connectivity index (χ4n) is 0. The fraction of sp³-hybridized carbons (Fsp3) is 0. The van der Waals surface area contributed by atoms with E-state index in [2.05, 4.69) is 11.5 Å².